The summed E-state index contributed by atoms with van der Waals surface area (Å²) < 4.78 is 0. The quantitative estimate of drug-likeness (QED) is 0.663. The topological polar surface area (TPSA) is 38.7 Å². The van der Waals surface area contributed by atoms with Crippen LogP contribution < -0.4 is 5.32 Å². The molecule has 2 fully saturated rings. The van der Waals surface area contributed by atoms with E-state index in [0.717, 1.165) is 19.1 Å². The van der Waals surface area contributed by atoms with Crippen molar-refractivity contribution >= 4 is 0 Å². The molecule has 0 aromatic rings. The Morgan fingerprint density at radius 1 is 1.39 bits per heavy atom. The lowest BCUT2D eigenvalue weighted by Crippen LogP contribution is -2.46. The predicted octanol–water partition coefficient (Wildman–Crippen LogP) is 0.515. The second-order valence-electron chi connectivity index (χ2n) is 5.97. The summed E-state index contributed by atoms with van der Waals surface area (Å²) in [4.78, 5) is 4.97. The third-order valence-corrected chi connectivity index (χ3v) is 4.23. The van der Waals surface area contributed by atoms with E-state index < -0.39 is 0 Å². The molecule has 1 saturated carbocycles. The lowest BCUT2D eigenvalue weighted by Gasteiger charge is -2.30. The summed E-state index contributed by atoms with van der Waals surface area (Å²) in [6.07, 6.45) is 5.24. The zero-order chi connectivity index (χ0) is 13.0. The van der Waals surface area contributed by atoms with Crippen LogP contribution in [-0.2, 0) is 0 Å². The van der Waals surface area contributed by atoms with Gasteiger partial charge in [0, 0.05) is 31.2 Å². The van der Waals surface area contributed by atoms with E-state index in [1.807, 2.05) is 0 Å². The monoisotopic (exact) mass is 255 g/mol. The van der Waals surface area contributed by atoms with Gasteiger partial charge in [-0.3, -0.25) is 4.90 Å². The summed E-state index contributed by atoms with van der Waals surface area (Å²) in [6, 6.07) is 1.65. The Kier molecular flexibility index (Phi) is 5.42. The molecular weight excluding hydrogens is 226 g/mol. The van der Waals surface area contributed by atoms with E-state index in [-0.39, 0.29) is 12.6 Å². The molecule has 4 nitrogen and oxygen atoms in total. The SMILES string of the molecule is CCN1CCCC1CN(C)CC(CO)NC1CC1. The Balaban J connectivity index is 1.70. The van der Waals surface area contributed by atoms with E-state index in [4.69, 9.17) is 0 Å². The van der Waals surface area contributed by atoms with Crippen LogP contribution in [0.1, 0.15) is 32.6 Å². The van der Waals surface area contributed by atoms with E-state index in [1.54, 1.807) is 0 Å². The largest absolute Gasteiger partial charge is 0.395 e. The maximum Gasteiger partial charge on any atom is 0.0597 e. The average molecular weight is 255 g/mol. The van der Waals surface area contributed by atoms with Crippen molar-refractivity contribution in [3.63, 3.8) is 0 Å². The zero-order valence-corrected chi connectivity index (χ0v) is 11.9. The minimum Gasteiger partial charge on any atom is -0.395 e. The zero-order valence-electron chi connectivity index (χ0n) is 11.9. The Hall–Kier alpha value is -0.160. The van der Waals surface area contributed by atoms with E-state index >= 15 is 0 Å². The lowest BCUT2D eigenvalue weighted by molar-refractivity contribution is 0.162. The van der Waals surface area contributed by atoms with Crippen LogP contribution in [0.3, 0.4) is 0 Å². The summed E-state index contributed by atoms with van der Waals surface area (Å²) in [7, 11) is 2.18. The Morgan fingerprint density at radius 2 is 2.17 bits per heavy atom. The van der Waals surface area contributed by atoms with E-state index in [9.17, 15) is 5.11 Å². The fourth-order valence-corrected chi connectivity index (χ4v) is 3.08. The van der Waals surface area contributed by atoms with Gasteiger partial charge in [0.1, 0.15) is 0 Å². The molecule has 0 aromatic heterocycles. The van der Waals surface area contributed by atoms with Gasteiger partial charge >= 0.3 is 0 Å². The molecule has 2 N–H and O–H groups in total. The molecule has 2 unspecified atom stereocenters. The number of aliphatic hydroxyl groups is 1. The van der Waals surface area contributed by atoms with Crippen molar-refractivity contribution in [2.45, 2.75) is 50.7 Å². The fraction of sp³-hybridized carbons (Fsp3) is 1.00. The first-order valence-electron chi connectivity index (χ1n) is 7.52. The van der Waals surface area contributed by atoms with Crippen LogP contribution in [0.4, 0.5) is 0 Å². The minimum atomic E-state index is 0.249. The van der Waals surface area contributed by atoms with Gasteiger partial charge in [-0.25, -0.2) is 0 Å². The second-order valence-corrected chi connectivity index (χ2v) is 5.97. The molecular formula is C14H29N3O. The molecule has 2 rings (SSSR count). The van der Waals surface area contributed by atoms with E-state index in [2.05, 4.69) is 29.1 Å². The maximum absolute atomic E-state index is 9.41. The number of likely N-dealkylation sites (tertiary alicyclic amines) is 1. The highest BCUT2D eigenvalue weighted by atomic mass is 16.3. The summed E-state index contributed by atoms with van der Waals surface area (Å²) in [5.41, 5.74) is 0. The van der Waals surface area contributed by atoms with Gasteiger partial charge in [-0.05, 0) is 45.8 Å². The van der Waals surface area contributed by atoms with Gasteiger partial charge in [0.05, 0.1) is 6.61 Å². The molecule has 0 bridgehead atoms. The van der Waals surface area contributed by atoms with Crippen LogP contribution in [0, 0.1) is 0 Å². The first-order valence-corrected chi connectivity index (χ1v) is 7.52. The Labute approximate surface area is 111 Å². The first kappa shape index (κ1) is 14.3. The predicted molar refractivity (Wildman–Crippen MR) is 74.8 cm³/mol. The Bertz CT molecular complexity index is 245. The molecule has 0 aromatic carbocycles. The number of aliphatic hydroxyl groups excluding tert-OH is 1. The van der Waals surface area contributed by atoms with Gasteiger partial charge in [-0.15, -0.1) is 0 Å². The van der Waals surface area contributed by atoms with Crippen molar-refractivity contribution in [1.82, 2.24) is 15.1 Å². The van der Waals surface area contributed by atoms with Gasteiger partial charge in [0.15, 0.2) is 0 Å². The third-order valence-electron chi connectivity index (χ3n) is 4.23. The number of nitrogens with one attached hydrogen (secondary N) is 1. The highest BCUT2D eigenvalue weighted by Gasteiger charge is 2.27. The second kappa shape index (κ2) is 6.85. The van der Waals surface area contributed by atoms with Gasteiger partial charge in [0.2, 0.25) is 0 Å². The molecule has 4 heteroatoms. The lowest BCUT2D eigenvalue weighted by atomic mass is 10.2. The molecule has 106 valence electrons. The number of likely N-dealkylation sites (N-methyl/N-ethyl adjacent to an activating group) is 2. The standard InChI is InChI=1S/C14H29N3O/c1-3-17-8-4-5-14(17)10-16(2)9-13(11-18)15-12-6-7-12/h12-15,18H,3-11H2,1-2H3. The van der Waals surface area contributed by atoms with Gasteiger partial charge < -0.3 is 15.3 Å². The van der Waals surface area contributed by atoms with Crippen LogP contribution in [0.25, 0.3) is 0 Å². The van der Waals surface area contributed by atoms with Crippen molar-refractivity contribution in [2.75, 3.05) is 39.8 Å². The summed E-state index contributed by atoms with van der Waals surface area (Å²) in [5.74, 6) is 0. The highest BCUT2D eigenvalue weighted by molar-refractivity contribution is 4.87. The minimum absolute atomic E-state index is 0.249. The molecule has 0 amide bonds. The van der Waals surface area contributed by atoms with Crippen molar-refractivity contribution in [3.8, 4) is 0 Å². The number of nitrogens with zero attached hydrogens (tertiary/aromatic N) is 2. The smallest absolute Gasteiger partial charge is 0.0597 e. The molecule has 1 aliphatic heterocycles. The van der Waals surface area contributed by atoms with Crippen molar-refractivity contribution in [3.05, 3.63) is 0 Å². The number of hydrogen-bond acceptors (Lipinski definition) is 4. The third kappa shape index (κ3) is 4.19. The summed E-state index contributed by atoms with van der Waals surface area (Å²) >= 11 is 0. The van der Waals surface area contributed by atoms with Crippen LogP contribution in [0.5, 0.6) is 0 Å². The summed E-state index contributed by atoms with van der Waals surface area (Å²) in [5, 5.41) is 12.9. The molecule has 1 aliphatic carbocycles. The van der Waals surface area contributed by atoms with Crippen LogP contribution in [0.15, 0.2) is 0 Å². The number of hydrogen-bond donors (Lipinski definition) is 2. The molecule has 0 spiro atoms. The van der Waals surface area contributed by atoms with Crippen LogP contribution in [0.2, 0.25) is 0 Å². The fourth-order valence-electron chi connectivity index (χ4n) is 3.08. The van der Waals surface area contributed by atoms with Gasteiger partial charge in [-0.1, -0.05) is 6.92 Å². The van der Waals surface area contributed by atoms with Crippen molar-refractivity contribution in [2.24, 2.45) is 0 Å². The number of rotatable bonds is 8. The molecule has 1 saturated heterocycles. The highest BCUT2D eigenvalue weighted by Crippen LogP contribution is 2.20. The van der Waals surface area contributed by atoms with Gasteiger partial charge in [0.25, 0.3) is 0 Å². The normalized spacial score (nSPS) is 27.0. The molecule has 2 atom stereocenters. The van der Waals surface area contributed by atoms with Crippen molar-refractivity contribution in [1.29, 1.82) is 0 Å². The molecule has 2 aliphatic rings. The average Bonchev–Trinajstić information content (AvgIpc) is 3.06. The van der Waals surface area contributed by atoms with Crippen LogP contribution in [-0.4, -0.2) is 72.9 Å². The molecule has 1 heterocycles. The maximum atomic E-state index is 9.41. The van der Waals surface area contributed by atoms with E-state index in [0.29, 0.717) is 6.04 Å². The van der Waals surface area contributed by atoms with Gasteiger partial charge in [-0.2, -0.15) is 0 Å². The summed E-state index contributed by atoms with van der Waals surface area (Å²) in [6.45, 7) is 7.03. The first-order chi connectivity index (χ1) is 8.72. The van der Waals surface area contributed by atoms with Crippen LogP contribution >= 0.6 is 0 Å². The molecule has 0 radical (unpaired) electrons. The molecule has 18 heavy (non-hydrogen) atoms. The Morgan fingerprint density at radius 3 is 2.78 bits per heavy atom. The van der Waals surface area contributed by atoms with Crippen molar-refractivity contribution < 1.29 is 5.11 Å². The van der Waals surface area contributed by atoms with E-state index in [1.165, 1.54) is 38.8 Å².